The number of nitrogens with zero attached hydrogens (tertiary/aromatic N) is 3. The number of rotatable bonds is 4. The van der Waals surface area contributed by atoms with Gasteiger partial charge in [0.05, 0.1) is 12.2 Å². The van der Waals surface area contributed by atoms with Crippen molar-refractivity contribution in [3.8, 4) is 0 Å². The molecule has 2 aliphatic rings. The van der Waals surface area contributed by atoms with Gasteiger partial charge in [0.15, 0.2) is 0 Å². The first kappa shape index (κ1) is 14.5. The molecule has 2 fully saturated rings. The van der Waals surface area contributed by atoms with Crippen LogP contribution in [0.2, 0.25) is 0 Å². The third-order valence-electron chi connectivity index (χ3n) is 4.67. The number of ether oxygens (including phenoxy) is 1. The Kier molecular flexibility index (Phi) is 4.53. The van der Waals surface area contributed by atoms with E-state index in [2.05, 4.69) is 22.1 Å². The van der Waals surface area contributed by atoms with Crippen LogP contribution in [0.1, 0.15) is 57.2 Å². The minimum absolute atomic E-state index is 0.272. The smallest absolute Gasteiger partial charge is 0.222 e. The Morgan fingerprint density at radius 2 is 2.19 bits per heavy atom. The predicted molar refractivity (Wildman–Crippen MR) is 77.7 cm³/mol. The molecule has 1 aromatic rings. The number of amides is 1. The van der Waals surface area contributed by atoms with Gasteiger partial charge in [-0.1, -0.05) is 0 Å². The zero-order chi connectivity index (χ0) is 14.7. The molecule has 116 valence electrons. The van der Waals surface area contributed by atoms with Crippen molar-refractivity contribution in [1.29, 1.82) is 0 Å². The van der Waals surface area contributed by atoms with Gasteiger partial charge in [-0.15, -0.1) is 0 Å². The zero-order valence-corrected chi connectivity index (χ0v) is 12.6. The summed E-state index contributed by atoms with van der Waals surface area (Å²) in [4.78, 5) is 18.5. The van der Waals surface area contributed by atoms with E-state index in [-0.39, 0.29) is 12.0 Å². The lowest BCUT2D eigenvalue weighted by atomic mass is 9.96. The number of aromatic nitrogens is 3. The number of hydrogen-bond acceptors (Lipinski definition) is 4. The topological polar surface area (TPSA) is 71.1 Å². The first-order chi connectivity index (χ1) is 10.2. The van der Waals surface area contributed by atoms with Crippen LogP contribution < -0.4 is 0 Å². The van der Waals surface area contributed by atoms with Crippen molar-refractivity contribution in [3.63, 3.8) is 0 Å². The molecule has 2 saturated heterocycles. The molecule has 2 unspecified atom stereocenters. The van der Waals surface area contributed by atoms with Crippen LogP contribution >= 0.6 is 0 Å². The summed E-state index contributed by atoms with van der Waals surface area (Å²) in [5, 5.41) is 6.84. The molecule has 1 amide bonds. The van der Waals surface area contributed by atoms with Gasteiger partial charge in [0.25, 0.3) is 0 Å². The molecular weight excluding hydrogens is 268 g/mol. The van der Waals surface area contributed by atoms with Crippen LogP contribution in [0.25, 0.3) is 0 Å². The molecule has 0 aliphatic carbocycles. The van der Waals surface area contributed by atoms with Crippen molar-refractivity contribution >= 4 is 5.91 Å². The second-order valence-electron chi connectivity index (χ2n) is 6.21. The van der Waals surface area contributed by atoms with Gasteiger partial charge in [0, 0.05) is 25.4 Å². The van der Waals surface area contributed by atoms with E-state index in [1.807, 2.05) is 4.90 Å². The standard InChI is InChI=1S/C15H24N4O2/c1-11-2-3-13(21-11)4-5-14(20)19-8-6-12(7-9-19)15-16-10-17-18-15/h10-13H,2-9H2,1H3,(H,16,17,18). The number of hydrogen-bond donors (Lipinski definition) is 1. The summed E-state index contributed by atoms with van der Waals surface area (Å²) in [5.41, 5.74) is 0. The lowest BCUT2D eigenvalue weighted by Crippen LogP contribution is -2.38. The maximum absolute atomic E-state index is 12.3. The molecule has 2 aliphatic heterocycles. The highest BCUT2D eigenvalue weighted by Gasteiger charge is 2.27. The van der Waals surface area contributed by atoms with Gasteiger partial charge < -0.3 is 9.64 Å². The van der Waals surface area contributed by atoms with Crippen LogP contribution in [0.15, 0.2) is 6.33 Å². The van der Waals surface area contributed by atoms with E-state index in [1.54, 1.807) is 6.33 Å². The van der Waals surface area contributed by atoms with Crippen LogP contribution in [0.5, 0.6) is 0 Å². The van der Waals surface area contributed by atoms with Gasteiger partial charge >= 0.3 is 0 Å². The summed E-state index contributed by atoms with van der Waals surface area (Å²) in [7, 11) is 0. The highest BCUT2D eigenvalue weighted by molar-refractivity contribution is 5.76. The molecule has 3 heterocycles. The third kappa shape index (κ3) is 3.61. The molecule has 3 rings (SSSR count). The van der Waals surface area contributed by atoms with Crippen molar-refractivity contribution < 1.29 is 9.53 Å². The van der Waals surface area contributed by atoms with E-state index in [1.165, 1.54) is 0 Å². The number of piperidine rings is 1. The van der Waals surface area contributed by atoms with Gasteiger partial charge in [-0.2, -0.15) is 5.10 Å². The Labute approximate surface area is 125 Å². The second kappa shape index (κ2) is 6.56. The summed E-state index contributed by atoms with van der Waals surface area (Å²) < 4.78 is 5.77. The van der Waals surface area contributed by atoms with Crippen molar-refractivity contribution in [2.45, 2.75) is 63.6 Å². The molecule has 6 heteroatoms. The van der Waals surface area contributed by atoms with Crippen LogP contribution in [-0.2, 0) is 9.53 Å². The Bertz CT molecular complexity index is 454. The highest BCUT2D eigenvalue weighted by atomic mass is 16.5. The number of aromatic amines is 1. The maximum atomic E-state index is 12.3. The molecule has 0 spiro atoms. The number of H-pyrrole nitrogens is 1. The van der Waals surface area contributed by atoms with Gasteiger partial charge in [0.2, 0.25) is 5.91 Å². The summed E-state index contributed by atoms with van der Waals surface area (Å²) in [6.45, 7) is 3.76. The molecule has 0 aromatic carbocycles. The summed E-state index contributed by atoms with van der Waals surface area (Å²) in [6.07, 6.45) is 7.85. The first-order valence-electron chi connectivity index (χ1n) is 8.01. The van der Waals surface area contributed by atoms with Gasteiger partial charge in [-0.05, 0) is 39.0 Å². The van der Waals surface area contributed by atoms with Crippen LogP contribution in [0, 0.1) is 0 Å². The highest BCUT2D eigenvalue weighted by Crippen LogP contribution is 2.26. The maximum Gasteiger partial charge on any atom is 0.222 e. The molecule has 0 radical (unpaired) electrons. The Morgan fingerprint density at radius 3 is 2.81 bits per heavy atom. The first-order valence-corrected chi connectivity index (χ1v) is 8.01. The van der Waals surface area contributed by atoms with Gasteiger partial charge in [0.1, 0.15) is 12.2 Å². The normalized spacial score (nSPS) is 27.2. The number of carbonyl (C=O) groups excluding carboxylic acids is 1. The van der Waals surface area contributed by atoms with Gasteiger partial charge in [-0.3, -0.25) is 9.89 Å². The molecular formula is C15H24N4O2. The Balaban J connectivity index is 1.40. The largest absolute Gasteiger partial charge is 0.375 e. The summed E-state index contributed by atoms with van der Waals surface area (Å²) in [6, 6.07) is 0. The van der Waals surface area contributed by atoms with E-state index in [0.717, 1.165) is 51.0 Å². The molecule has 2 atom stereocenters. The molecule has 6 nitrogen and oxygen atoms in total. The fraction of sp³-hybridized carbons (Fsp3) is 0.800. The lowest BCUT2D eigenvalue weighted by molar-refractivity contribution is -0.133. The lowest BCUT2D eigenvalue weighted by Gasteiger charge is -2.31. The molecule has 21 heavy (non-hydrogen) atoms. The molecule has 0 bridgehead atoms. The molecule has 1 aromatic heterocycles. The Morgan fingerprint density at radius 1 is 1.38 bits per heavy atom. The summed E-state index contributed by atoms with van der Waals surface area (Å²) in [5.74, 6) is 1.64. The Hall–Kier alpha value is -1.43. The number of nitrogens with one attached hydrogen (secondary N) is 1. The molecule has 0 saturated carbocycles. The second-order valence-corrected chi connectivity index (χ2v) is 6.21. The van der Waals surface area contributed by atoms with Crippen molar-refractivity contribution in [1.82, 2.24) is 20.1 Å². The SMILES string of the molecule is CC1CCC(CCC(=O)N2CCC(c3ncn[nH]3)CC2)O1. The van der Waals surface area contributed by atoms with E-state index >= 15 is 0 Å². The van der Waals surface area contributed by atoms with Crippen LogP contribution in [-0.4, -0.2) is 51.3 Å². The van der Waals surface area contributed by atoms with Crippen molar-refractivity contribution in [2.75, 3.05) is 13.1 Å². The van der Waals surface area contributed by atoms with E-state index < -0.39 is 0 Å². The van der Waals surface area contributed by atoms with Gasteiger partial charge in [-0.25, -0.2) is 4.98 Å². The fourth-order valence-electron chi connectivity index (χ4n) is 3.35. The number of likely N-dealkylation sites (tertiary alicyclic amines) is 1. The van der Waals surface area contributed by atoms with E-state index in [0.29, 0.717) is 18.4 Å². The third-order valence-corrected chi connectivity index (χ3v) is 4.67. The average molecular weight is 292 g/mol. The summed E-state index contributed by atoms with van der Waals surface area (Å²) >= 11 is 0. The zero-order valence-electron chi connectivity index (χ0n) is 12.6. The monoisotopic (exact) mass is 292 g/mol. The number of carbonyl (C=O) groups is 1. The van der Waals surface area contributed by atoms with Crippen molar-refractivity contribution in [3.05, 3.63) is 12.2 Å². The van der Waals surface area contributed by atoms with E-state index in [4.69, 9.17) is 4.74 Å². The average Bonchev–Trinajstić information content (AvgIpc) is 3.16. The minimum Gasteiger partial charge on any atom is -0.375 e. The van der Waals surface area contributed by atoms with Crippen LogP contribution in [0.4, 0.5) is 0 Å². The fourth-order valence-corrected chi connectivity index (χ4v) is 3.35. The quantitative estimate of drug-likeness (QED) is 0.919. The minimum atomic E-state index is 0.272. The molecule has 1 N–H and O–H groups in total. The predicted octanol–water partition coefficient (Wildman–Crippen LogP) is 1.86. The van der Waals surface area contributed by atoms with Crippen molar-refractivity contribution in [2.24, 2.45) is 0 Å². The van der Waals surface area contributed by atoms with E-state index in [9.17, 15) is 4.79 Å². The van der Waals surface area contributed by atoms with Crippen LogP contribution in [0.3, 0.4) is 0 Å².